The van der Waals surface area contributed by atoms with E-state index >= 15 is 0 Å². The minimum atomic E-state index is -4.35. The predicted molar refractivity (Wildman–Crippen MR) is 59.0 cm³/mol. The molecule has 0 aromatic heterocycles. The number of carbonyl (C=O) groups excluding carboxylic acids is 1. The van der Waals surface area contributed by atoms with Crippen molar-refractivity contribution in [1.29, 1.82) is 0 Å². The van der Waals surface area contributed by atoms with Crippen LogP contribution in [0.4, 0.5) is 17.6 Å². The first-order valence-corrected chi connectivity index (χ1v) is 5.39. The van der Waals surface area contributed by atoms with Gasteiger partial charge in [-0.15, -0.1) is 0 Å². The molecule has 1 N–H and O–H groups in total. The Hall–Kier alpha value is -1.14. The molecule has 2 nitrogen and oxygen atoms in total. The van der Waals surface area contributed by atoms with Gasteiger partial charge in [0.25, 0.3) is 0 Å². The largest absolute Gasteiger partial charge is 0.401 e. The normalized spacial score (nSPS) is 11.6. The molecule has 0 aliphatic heterocycles. The maximum atomic E-state index is 12.8. The number of Topliss-reactive ketones (excluding diaryl/α,β-unsaturated/α-hetero) is 1. The molecule has 0 radical (unpaired) electrons. The van der Waals surface area contributed by atoms with E-state index in [1.807, 2.05) is 5.32 Å². The highest BCUT2D eigenvalue weighted by molar-refractivity contribution is 6.30. The molecule has 0 aliphatic rings. The van der Waals surface area contributed by atoms with E-state index in [0.717, 1.165) is 6.07 Å². The minimum Gasteiger partial charge on any atom is -0.302 e. The first-order valence-electron chi connectivity index (χ1n) is 5.01. The van der Waals surface area contributed by atoms with Gasteiger partial charge in [-0.25, -0.2) is 4.39 Å². The van der Waals surface area contributed by atoms with Crippen LogP contribution in [0.2, 0.25) is 5.02 Å². The lowest BCUT2D eigenvalue weighted by Gasteiger charge is -2.07. The van der Waals surface area contributed by atoms with Crippen LogP contribution in [0.1, 0.15) is 5.56 Å². The summed E-state index contributed by atoms with van der Waals surface area (Å²) >= 11 is 5.51. The number of halogens is 5. The summed E-state index contributed by atoms with van der Waals surface area (Å²) in [6.07, 6.45) is -4.44. The van der Waals surface area contributed by atoms with Crippen LogP contribution >= 0.6 is 11.6 Å². The Morgan fingerprint density at radius 2 is 2.00 bits per heavy atom. The summed E-state index contributed by atoms with van der Waals surface area (Å²) in [4.78, 5) is 11.3. The average Bonchev–Trinajstić information content (AvgIpc) is 2.21. The highest BCUT2D eigenvalue weighted by Gasteiger charge is 2.26. The van der Waals surface area contributed by atoms with Crippen LogP contribution in [0.25, 0.3) is 0 Å². The highest BCUT2D eigenvalue weighted by atomic mass is 35.5. The fraction of sp³-hybridized carbons (Fsp3) is 0.364. The lowest BCUT2D eigenvalue weighted by molar-refractivity contribution is -0.127. The van der Waals surface area contributed by atoms with Gasteiger partial charge in [0.15, 0.2) is 5.78 Å². The highest BCUT2D eigenvalue weighted by Crippen LogP contribution is 2.16. The van der Waals surface area contributed by atoms with Gasteiger partial charge >= 0.3 is 6.18 Å². The lowest BCUT2D eigenvalue weighted by atomic mass is 10.1. The van der Waals surface area contributed by atoms with Gasteiger partial charge in [-0.3, -0.25) is 4.79 Å². The van der Waals surface area contributed by atoms with Crippen molar-refractivity contribution in [3.63, 3.8) is 0 Å². The minimum absolute atomic E-state index is 0.0924. The second-order valence-corrected chi connectivity index (χ2v) is 4.09. The van der Waals surface area contributed by atoms with E-state index in [1.54, 1.807) is 0 Å². The summed E-state index contributed by atoms with van der Waals surface area (Å²) in [5, 5.41) is 1.87. The second kappa shape index (κ2) is 6.15. The van der Waals surface area contributed by atoms with Crippen LogP contribution in [-0.4, -0.2) is 25.0 Å². The smallest absolute Gasteiger partial charge is 0.302 e. The predicted octanol–water partition coefficient (Wildman–Crippen LogP) is 2.74. The quantitative estimate of drug-likeness (QED) is 0.842. The standard InChI is InChI=1S/C11H10ClF4NO/c12-9-4-7(1-2-10(9)13)3-8(18)5-17-6-11(14,15)16/h1-2,4,17H,3,5-6H2. The number of hydrogen-bond acceptors (Lipinski definition) is 2. The Bertz CT molecular complexity index is 434. The van der Waals surface area contributed by atoms with Crippen molar-refractivity contribution in [1.82, 2.24) is 5.32 Å². The molecule has 0 atom stereocenters. The van der Waals surface area contributed by atoms with E-state index in [-0.39, 0.29) is 11.4 Å². The van der Waals surface area contributed by atoms with Gasteiger partial charge in [0.05, 0.1) is 18.1 Å². The van der Waals surface area contributed by atoms with Gasteiger partial charge in [-0.05, 0) is 17.7 Å². The van der Waals surface area contributed by atoms with E-state index in [9.17, 15) is 22.4 Å². The van der Waals surface area contributed by atoms with Crippen molar-refractivity contribution in [3.8, 4) is 0 Å². The summed E-state index contributed by atoms with van der Waals surface area (Å²) in [5.41, 5.74) is 0.459. The molecule has 100 valence electrons. The molecule has 0 spiro atoms. The molecule has 0 aliphatic carbocycles. The van der Waals surface area contributed by atoms with Crippen LogP contribution < -0.4 is 5.32 Å². The summed E-state index contributed by atoms with van der Waals surface area (Å²) in [7, 11) is 0. The van der Waals surface area contributed by atoms with Gasteiger partial charge in [0, 0.05) is 6.42 Å². The van der Waals surface area contributed by atoms with E-state index in [4.69, 9.17) is 11.6 Å². The number of benzene rings is 1. The molecule has 0 bridgehead atoms. The van der Waals surface area contributed by atoms with Crippen molar-refractivity contribution in [2.75, 3.05) is 13.1 Å². The van der Waals surface area contributed by atoms with Crippen LogP contribution in [0.15, 0.2) is 18.2 Å². The zero-order valence-corrected chi connectivity index (χ0v) is 9.91. The molecule has 0 fully saturated rings. The average molecular weight is 284 g/mol. The molecule has 0 heterocycles. The van der Waals surface area contributed by atoms with E-state index in [1.165, 1.54) is 12.1 Å². The summed E-state index contributed by atoms with van der Waals surface area (Å²) in [6, 6.07) is 3.75. The van der Waals surface area contributed by atoms with Crippen molar-refractivity contribution in [2.24, 2.45) is 0 Å². The molecule has 1 aromatic rings. The second-order valence-electron chi connectivity index (χ2n) is 3.68. The van der Waals surface area contributed by atoms with Gasteiger partial charge < -0.3 is 5.32 Å². The fourth-order valence-corrected chi connectivity index (χ4v) is 1.49. The molecule has 0 unspecified atom stereocenters. The topological polar surface area (TPSA) is 29.1 Å². The van der Waals surface area contributed by atoms with E-state index in [0.29, 0.717) is 5.56 Å². The SMILES string of the molecule is O=C(CNCC(F)(F)F)Cc1ccc(F)c(Cl)c1. The molecule has 0 amide bonds. The van der Waals surface area contributed by atoms with Crippen molar-refractivity contribution in [3.05, 3.63) is 34.6 Å². The summed E-state index contributed by atoms with van der Waals surface area (Å²) in [5.74, 6) is -1.04. The summed E-state index contributed by atoms with van der Waals surface area (Å²) < 4.78 is 48.2. The third kappa shape index (κ3) is 5.46. The van der Waals surface area contributed by atoms with Crippen molar-refractivity contribution >= 4 is 17.4 Å². The number of ketones is 1. The number of hydrogen-bond donors (Lipinski definition) is 1. The van der Waals surface area contributed by atoms with Crippen LogP contribution in [0, 0.1) is 5.82 Å². The Labute approximate surface area is 106 Å². The van der Waals surface area contributed by atoms with Crippen LogP contribution in [0.5, 0.6) is 0 Å². The molecule has 1 aromatic carbocycles. The third-order valence-corrected chi connectivity index (χ3v) is 2.32. The van der Waals surface area contributed by atoms with Gasteiger partial charge in [0.1, 0.15) is 5.82 Å². The maximum absolute atomic E-state index is 12.8. The lowest BCUT2D eigenvalue weighted by Crippen LogP contribution is -2.33. The first kappa shape index (κ1) is 14.9. The van der Waals surface area contributed by atoms with Crippen molar-refractivity contribution < 1.29 is 22.4 Å². The molecule has 0 saturated heterocycles. The Kier molecular flexibility index (Phi) is 5.10. The molecule has 1 rings (SSSR count). The number of rotatable bonds is 5. The Morgan fingerprint density at radius 1 is 1.33 bits per heavy atom. The van der Waals surface area contributed by atoms with Crippen LogP contribution in [0.3, 0.4) is 0 Å². The summed E-state index contributed by atoms with van der Waals surface area (Å²) in [6.45, 7) is -1.61. The zero-order chi connectivity index (χ0) is 13.8. The molecular formula is C11H10ClF4NO. The molecule has 7 heteroatoms. The first-order chi connectivity index (χ1) is 8.28. The van der Waals surface area contributed by atoms with E-state index in [2.05, 4.69) is 0 Å². The maximum Gasteiger partial charge on any atom is 0.401 e. The monoisotopic (exact) mass is 283 g/mol. The number of carbonyl (C=O) groups is 1. The van der Waals surface area contributed by atoms with Gasteiger partial charge in [-0.1, -0.05) is 17.7 Å². The van der Waals surface area contributed by atoms with E-state index < -0.39 is 30.9 Å². The van der Waals surface area contributed by atoms with Gasteiger partial charge in [0.2, 0.25) is 0 Å². The van der Waals surface area contributed by atoms with Gasteiger partial charge in [-0.2, -0.15) is 13.2 Å². The number of alkyl halides is 3. The fourth-order valence-electron chi connectivity index (χ4n) is 1.28. The Morgan fingerprint density at radius 3 is 2.56 bits per heavy atom. The zero-order valence-electron chi connectivity index (χ0n) is 9.15. The Balaban J connectivity index is 2.42. The molecule has 0 saturated carbocycles. The molecular weight excluding hydrogens is 274 g/mol. The van der Waals surface area contributed by atoms with Crippen LogP contribution in [-0.2, 0) is 11.2 Å². The molecule has 18 heavy (non-hydrogen) atoms. The third-order valence-electron chi connectivity index (χ3n) is 2.03. The number of nitrogens with one attached hydrogen (secondary N) is 1. The van der Waals surface area contributed by atoms with Crippen molar-refractivity contribution in [2.45, 2.75) is 12.6 Å².